The van der Waals surface area contributed by atoms with Gasteiger partial charge in [-0.15, -0.1) is 0 Å². The third kappa shape index (κ3) is 2.98. The maximum atomic E-state index is 12.2. The molecule has 0 saturated heterocycles. The van der Waals surface area contributed by atoms with Gasteiger partial charge in [0.1, 0.15) is 0 Å². The normalized spacial score (nSPS) is 10.5. The molecule has 0 aliphatic carbocycles. The Morgan fingerprint density at radius 2 is 2.07 bits per heavy atom. The first kappa shape index (κ1) is 11.0. The van der Waals surface area contributed by atoms with E-state index < -0.39 is 17.6 Å². The molecule has 6 heteroatoms. The van der Waals surface area contributed by atoms with Crippen LogP contribution in [0, 0.1) is 11.3 Å². The van der Waals surface area contributed by atoms with Crippen molar-refractivity contribution in [3.05, 3.63) is 29.8 Å². The number of nitrogens with one attached hydrogen (secondary N) is 1. The summed E-state index contributed by atoms with van der Waals surface area (Å²) in [7, 11) is 0. The minimum absolute atomic E-state index is 0.0589. The number of alkyl halides is 3. The molecule has 0 unspecified atom stereocenters. The topological polar surface area (TPSA) is 52.9 Å². The second kappa shape index (κ2) is 4.00. The molecule has 0 fully saturated rings. The van der Waals surface area contributed by atoms with Crippen molar-refractivity contribution in [3.63, 3.8) is 0 Å². The number of anilines is 1. The third-order valence-corrected chi connectivity index (χ3v) is 1.55. The number of hydrogen-bond acceptors (Lipinski definition) is 2. The number of hydrogen-bond donors (Lipinski definition) is 1. The Hall–Kier alpha value is -2.03. The van der Waals surface area contributed by atoms with E-state index in [1.54, 1.807) is 0 Å². The number of nitriles is 1. The second-order valence-corrected chi connectivity index (χ2v) is 2.64. The molecule has 15 heavy (non-hydrogen) atoms. The van der Waals surface area contributed by atoms with Crippen LogP contribution in [-0.4, -0.2) is 5.91 Å². The van der Waals surface area contributed by atoms with E-state index in [4.69, 9.17) is 5.26 Å². The summed E-state index contributed by atoms with van der Waals surface area (Å²) in [5.74, 6) is -1.01. The molecule has 1 aromatic carbocycles. The Labute approximate surface area is 83.1 Å². The molecule has 0 atom stereocenters. The Kier molecular flexibility index (Phi) is 2.95. The molecule has 0 aromatic heterocycles. The lowest BCUT2D eigenvalue weighted by Gasteiger charge is -2.07. The minimum atomic E-state index is -4.46. The zero-order valence-electron chi connectivity index (χ0n) is 7.30. The van der Waals surface area contributed by atoms with Crippen molar-refractivity contribution in [2.24, 2.45) is 0 Å². The molecule has 1 N–H and O–H groups in total. The zero-order valence-corrected chi connectivity index (χ0v) is 7.30. The average Bonchev–Trinajstić information content (AvgIpc) is 2.17. The summed E-state index contributed by atoms with van der Waals surface area (Å²) in [4.78, 5) is 10.6. The van der Waals surface area contributed by atoms with Crippen LogP contribution in [0.3, 0.4) is 0 Å². The number of carbonyl (C=O) groups is 1. The Bertz CT molecular complexity index is 420. The van der Waals surface area contributed by atoms with Crippen LogP contribution in [0.25, 0.3) is 0 Å². The minimum Gasteiger partial charge on any atom is -0.313 e. The van der Waals surface area contributed by atoms with E-state index >= 15 is 0 Å². The highest BCUT2D eigenvalue weighted by atomic mass is 19.4. The van der Waals surface area contributed by atoms with Gasteiger partial charge in [0.2, 0.25) is 0 Å². The van der Waals surface area contributed by atoms with E-state index in [2.05, 4.69) is 0 Å². The first-order valence-electron chi connectivity index (χ1n) is 3.82. The van der Waals surface area contributed by atoms with Gasteiger partial charge >= 0.3 is 12.1 Å². The lowest BCUT2D eigenvalue weighted by molar-refractivity contribution is -0.137. The van der Waals surface area contributed by atoms with Crippen molar-refractivity contribution < 1.29 is 18.0 Å². The van der Waals surface area contributed by atoms with Crippen molar-refractivity contribution in [2.75, 3.05) is 5.32 Å². The van der Waals surface area contributed by atoms with Gasteiger partial charge in [0.05, 0.1) is 5.56 Å². The highest BCUT2D eigenvalue weighted by Gasteiger charge is 2.30. The van der Waals surface area contributed by atoms with E-state index in [1.165, 1.54) is 12.1 Å². The van der Waals surface area contributed by atoms with E-state index in [1.807, 2.05) is 5.32 Å². The lowest BCUT2D eigenvalue weighted by atomic mass is 10.2. The predicted octanol–water partition coefficient (Wildman–Crippen LogP) is 2.17. The maximum Gasteiger partial charge on any atom is 0.416 e. The zero-order chi connectivity index (χ0) is 11.5. The summed E-state index contributed by atoms with van der Waals surface area (Å²) < 4.78 is 36.6. The molecular formula is C9H5F3N2O. The van der Waals surface area contributed by atoms with Crippen LogP contribution >= 0.6 is 0 Å². The molecule has 0 aliphatic rings. The molecule has 1 aromatic rings. The van der Waals surface area contributed by atoms with Crippen molar-refractivity contribution >= 4 is 11.6 Å². The monoisotopic (exact) mass is 214 g/mol. The van der Waals surface area contributed by atoms with Gasteiger partial charge in [-0.1, -0.05) is 6.07 Å². The van der Waals surface area contributed by atoms with Crippen LogP contribution in [0.4, 0.5) is 18.9 Å². The average molecular weight is 214 g/mol. The predicted molar refractivity (Wildman–Crippen MR) is 45.7 cm³/mol. The molecule has 0 spiro atoms. The van der Waals surface area contributed by atoms with Crippen LogP contribution in [0.5, 0.6) is 0 Å². The van der Waals surface area contributed by atoms with E-state index in [0.717, 1.165) is 18.2 Å². The Morgan fingerprint density at radius 3 is 2.60 bits per heavy atom. The van der Waals surface area contributed by atoms with Gasteiger partial charge in [-0.2, -0.15) is 18.4 Å². The Balaban J connectivity index is 2.94. The van der Waals surface area contributed by atoms with Crippen molar-refractivity contribution in [1.29, 1.82) is 5.26 Å². The fraction of sp³-hybridized carbons (Fsp3) is 0.111. The summed E-state index contributed by atoms with van der Waals surface area (Å²) in [5, 5.41) is 10.1. The molecule has 0 aliphatic heterocycles. The largest absolute Gasteiger partial charge is 0.416 e. The van der Waals surface area contributed by atoms with Crippen LogP contribution in [0.15, 0.2) is 24.3 Å². The number of amides is 1. The van der Waals surface area contributed by atoms with Gasteiger partial charge in [-0.25, -0.2) is 0 Å². The molecule has 3 nitrogen and oxygen atoms in total. The third-order valence-electron chi connectivity index (χ3n) is 1.55. The van der Waals surface area contributed by atoms with Crippen LogP contribution in [-0.2, 0) is 11.0 Å². The fourth-order valence-electron chi connectivity index (χ4n) is 0.932. The molecular weight excluding hydrogens is 209 g/mol. The number of carbonyl (C=O) groups excluding carboxylic acids is 1. The summed E-state index contributed by atoms with van der Waals surface area (Å²) in [6.45, 7) is 0. The van der Waals surface area contributed by atoms with Gasteiger partial charge in [0, 0.05) is 5.69 Å². The fourth-order valence-corrected chi connectivity index (χ4v) is 0.932. The number of rotatable bonds is 1. The number of nitrogens with zero attached hydrogens (tertiary/aromatic N) is 1. The van der Waals surface area contributed by atoms with E-state index in [9.17, 15) is 18.0 Å². The molecule has 0 heterocycles. The highest BCUT2D eigenvalue weighted by molar-refractivity contribution is 6.02. The van der Waals surface area contributed by atoms with Crippen LogP contribution < -0.4 is 5.32 Å². The molecule has 78 valence electrons. The van der Waals surface area contributed by atoms with Gasteiger partial charge in [0.15, 0.2) is 6.07 Å². The van der Waals surface area contributed by atoms with Crippen molar-refractivity contribution in [3.8, 4) is 6.07 Å². The van der Waals surface area contributed by atoms with Gasteiger partial charge in [-0.3, -0.25) is 4.79 Å². The molecule has 1 amide bonds. The van der Waals surface area contributed by atoms with Gasteiger partial charge in [-0.05, 0) is 18.2 Å². The second-order valence-electron chi connectivity index (χ2n) is 2.64. The molecule has 1 rings (SSSR count). The van der Waals surface area contributed by atoms with E-state index in [0.29, 0.717) is 0 Å². The van der Waals surface area contributed by atoms with Gasteiger partial charge < -0.3 is 5.32 Å². The first-order chi connectivity index (χ1) is 6.93. The quantitative estimate of drug-likeness (QED) is 0.728. The molecule has 0 radical (unpaired) electrons. The van der Waals surface area contributed by atoms with Gasteiger partial charge in [0.25, 0.3) is 0 Å². The van der Waals surface area contributed by atoms with Crippen LogP contribution in [0.2, 0.25) is 0 Å². The summed E-state index contributed by atoms with van der Waals surface area (Å²) in [6, 6.07) is 5.29. The lowest BCUT2D eigenvalue weighted by Crippen LogP contribution is -2.10. The highest BCUT2D eigenvalue weighted by Crippen LogP contribution is 2.30. The number of halogens is 3. The standard InChI is InChI=1S/C9H5F3N2O/c10-9(11,12)6-2-1-3-7(4-6)14-8(15)5-13/h1-4H,(H,14,15). The summed E-state index contributed by atoms with van der Waals surface area (Å²) in [5.41, 5.74) is -0.936. The number of benzene rings is 1. The van der Waals surface area contributed by atoms with Crippen LogP contribution in [0.1, 0.15) is 5.56 Å². The summed E-state index contributed by atoms with van der Waals surface area (Å²) in [6.07, 6.45) is -4.46. The van der Waals surface area contributed by atoms with Crippen molar-refractivity contribution in [2.45, 2.75) is 6.18 Å². The van der Waals surface area contributed by atoms with Crippen molar-refractivity contribution in [1.82, 2.24) is 0 Å². The van der Waals surface area contributed by atoms with E-state index in [-0.39, 0.29) is 5.69 Å². The molecule has 0 saturated carbocycles. The summed E-state index contributed by atoms with van der Waals surface area (Å²) >= 11 is 0. The molecule has 0 bridgehead atoms. The smallest absolute Gasteiger partial charge is 0.313 e. The first-order valence-corrected chi connectivity index (χ1v) is 3.82. The SMILES string of the molecule is N#CC(=O)Nc1cccc(C(F)(F)F)c1. The Morgan fingerprint density at radius 1 is 1.40 bits per heavy atom. The maximum absolute atomic E-state index is 12.2.